The third kappa shape index (κ3) is 15.2. The summed E-state index contributed by atoms with van der Waals surface area (Å²) in [5.41, 5.74) is -1.07. The van der Waals surface area contributed by atoms with Gasteiger partial charge in [0.15, 0.2) is 5.72 Å². The minimum absolute atomic E-state index is 0.0801. The molecule has 4 aliphatic rings. The van der Waals surface area contributed by atoms with Crippen molar-refractivity contribution in [2.75, 3.05) is 65.3 Å². The Morgan fingerprint density at radius 3 is 2.50 bits per heavy atom. The van der Waals surface area contributed by atoms with Gasteiger partial charge in [-0.15, -0.1) is 0 Å². The number of likely N-dealkylation sites (N-methyl/N-ethyl adjacent to an activating group) is 1. The average Bonchev–Trinajstić information content (AvgIpc) is 3.93. The monoisotopic (exact) mass is 1060 g/mol. The predicted octanol–water partition coefficient (Wildman–Crippen LogP) is 5.29. The maximum atomic E-state index is 14.4. The number of fused-ring (bicyclic) bond motifs is 5. The van der Waals surface area contributed by atoms with E-state index in [1.54, 1.807) is 73.7 Å². The topological polar surface area (TPSA) is 232 Å². The van der Waals surface area contributed by atoms with E-state index in [9.17, 15) is 38.7 Å². The van der Waals surface area contributed by atoms with Crippen molar-refractivity contribution in [3.63, 3.8) is 0 Å². The van der Waals surface area contributed by atoms with Gasteiger partial charge in [-0.3, -0.25) is 34.2 Å². The number of methoxy groups -OCH3 is 2. The van der Waals surface area contributed by atoms with Crippen molar-refractivity contribution in [2.45, 2.75) is 133 Å². The zero-order chi connectivity index (χ0) is 53.1. The van der Waals surface area contributed by atoms with E-state index in [0.29, 0.717) is 49.4 Å². The first-order chi connectivity index (χ1) is 33.9. The summed E-state index contributed by atoms with van der Waals surface area (Å²) in [7, 11) is 9.21. The summed E-state index contributed by atoms with van der Waals surface area (Å²) in [6, 6.07) is 2.51. The standard InChI is InChI=1S/C50H70ClN5O14S2/c1-30-13-11-14-37(66-10)50(64)29-36(68-47(63)53-50)31(2)45-49(6,70-45)38(28-43(61)55(8)34-26-33(25-30)27-35(65-9)44(34)51)69-46(62)32(3)54(7)40(58)18-19-48(4,5)72-71-24-12-15-39(57)52-20-22-67-23-21-56-41(59)16-17-42(56)60/h11,13-14,16-17,26-27,31-32,36-38,45,64H,12,15,18-25,28-29H2,1-10H3,(H,52,57)(H,53,63)/b14-11+,30-13+/t31-,32+,36+,37-,38+,45+,49+,50+/m1/s1. The van der Waals surface area contributed by atoms with E-state index in [0.717, 1.165) is 16.0 Å². The molecule has 0 spiro atoms. The molecule has 0 unspecified atom stereocenters. The van der Waals surface area contributed by atoms with Gasteiger partial charge in [0, 0.05) is 75.6 Å². The molecular weight excluding hydrogens is 994 g/mol. The Balaban J connectivity index is 1.19. The number of halogens is 1. The van der Waals surface area contributed by atoms with E-state index in [1.807, 2.05) is 26.8 Å². The molecule has 5 rings (SSSR count). The highest BCUT2D eigenvalue weighted by atomic mass is 35.5. The van der Waals surface area contributed by atoms with Gasteiger partial charge in [0.1, 0.15) is 40.7 Å². The molecule has 2 saturated heterocycles. The maximum absolute atomic E-state index is 14.4. The van der Waals surface area contributed by atoms with Crippen LogP contribution in [0.3, 0.4) is 0 Å². The summed E-state index contributed by atoms with van der Waals surface area (Å²) in [5.74, 6) is -1.88. The van der Waals surface area contributed by atoms with Gasteiger partial charge in [-0.1, -0.05) is 63.9 Å². The summed E-state index contributed by atoms with van der Waals surface area (Å²) in [6.07, 6.45) is 4.64. The molecule has 0 aromatic heterocycles. The molecule has 1 aromatic carbocycles. The van der Waals surface area contributed by atoms with Crippen LogP contribution in [-0.2, 0) is 58.9 Å². The normalized spacial score (nSPS) is 27.2. The van der Waals surface area contributed by atoms with E-state index >= 15 is 0 Å². The maximum Gasteiger partial charge on any atom is 0.409 e. The van der Waals surface area contributed by atoms with Crippen LogP contribution in [0.1, 0.15) is 85.6 Å². The van der Waals surface area contributed by atoms with Crippen LogP contribution in [0.25, 0.3) is 0 Å². The van der Waals surface area contributed by atoms with E-state index in [1.165, 1.54) is 43.2 Å². The third-order valence-corrected chi connectivity index (χ3v) is 17.1. The van der Waals surface area contributed by atoms with Crippen LogP contribution in [0, 0.1) is 5.92 Å². The van der Waals surface area contributed by atoms with Crippen molar-refractivity contribution in [2.24, 2.45) is 5.92 Å². The van der Waals surface area contributed by atoms with E-state index in [4.69, 9.17) is 40.0 Å². The summed E-state index contributed by atoms with van der Waals surface area (Å²) < 4.78 is 34.6. The molecule has 3 N–H and O–H groups in total. The van der Waals surface area contributed by atoms with Crippen molar-refractivity contribution in [1.82, 2.24) is 20.4 Å². The molecule has 6 amide bonds. The quantitative estimate of drug-likeness (QED) is 0.0495. The number of aliphatic hydroxyl groups is 1. The Bertz CT molecular complexity index is 2260. The first kappa shape index (κ1) is 58.3. The lowest BCUT2D eigenvalue weighted by Crippen LogP contribution is -2.63. The summed E-state index contributed by atoms with van der Waals surface area (Å²) in [6.45, 7) is 11.9. The fraction of sp³-hybridized carbons (Fsp3) is 0.620. The zero-order valence-electron chi connectivity index (χ0n) is 42.8. The molecule has 4 bridgehead atoms. The van der Waals surface area contributed by atoms with Gasteiger partial charge in [-0.05, 0) is 71.6 Å². The highest BCUT2D eigenvalue weighted by molar-refractivity contribution is 8.77. The molecule has 4 aliphatic heterocycles. The molecule has 72 heavy (non-hydrogen) atoms. The molecule has 4 heterocycles. The van der Waals surface area contributed by atoms with Crippen LogP contribution in [-0.4, -0.2) is 163 Å². The number of allylic oxidation sites excluding steroid dienone is 3. The Morgan fingerprint density at radius 1 is 1.11 bits per heavy atom. The average molecular weight is 1060 g/mol. The van der Waals surface area contributed by atoms with Crippen LogP contribution in [0.2, 0.25) is 5.02 Å². The van der Waals surface area contributed by atoms with Gasteiger partial charge < -0.3 is 48.6 Å². The number of esters is 1. The van der Waals surface area contributed by atoms with Crippen molar-refractivity contribution in [3.8, 4) is 5.75 Å². The Labute approximate surface area is 434 Å². The van der Waals surface area contributed by atoms with E-state index in [-0.39, 0.29) is 72.4 Å². The Morgan fingerprint density at radius 2 is 1.82 bits per heavy atom. The van der Waals surface area contributed by atoms with Gasteiger partial charge in [-0.25, -0.2) is 9.59 Å². The number of rotatable bonds is 20. The summed E-state index contributed by atoms with van der Waals surface area (Å²) in [5, 5.41) is 17.4. The number of alkyl carbamates (subject to hydrolysis) is 1. The van der Waals surface area contributed by atoms with Gasteiger partial charge in [0.2, 0.25) is 17.7 Å². The second-order valence-electron chi connectivity index (χ2n) is 19.3. The largest absolute Gasteiger partial charge is 0.495 e. The number of hydrogen-bond donors (Lipinski definition) is 3. The van der Waals surface area contributed by atoms with Crippen LogP contribution in [0.4, 0.5) is 10.5 Å². The van der Waals surface area contributed by atoms with Gasteiger partial charge >= 0.3 is 12.1 Å². The minimum atomic E-state index is -1.86. The number of carbonyl (C=O) groups is 7. The molecule has 2 fully saturated rings. The number of nitrogens with zero attached hydrogens (tertiary/aromatic N) is 3. The molecule has 0 saturated carbocycles. The fourth-order valence-corrected chi connectivity index (χ4v) is 11.6. The number of epoxide rings is 1. The molecule has 0 radical (unpaired) electrons. The lowest BCUT2D eigenvalue weighted by molar-refractivity contribution is -0.162. The summed E-state index contributed by atoms with van der Waals surface area (Å²) >= 11 is 6.82. The number of amides is 6. The number of hydrogen-bond acceptors (Lipinski definition) is 16. The van der Waals surface area contributed by atoms with Crippen LogP contribution in [0.15, 0.2) is 48.1 Å². The van der Waals surface area contributed by atoms with Gasteiger partial charge in [0.25, 0.3) is 11.8 Å². The predicted molar refractivity (Wildman–Crippen MR) is 273 cm³/mol. The van der Waals surface area contributed by atoms with Crippen LogP contribution < -0.4 is 20.3 Å². The van der Waals surface area contributed by atoms with Crippen molar-refractivity contribution in [3.05, 3.63) is 58.7 Å². The van der Waals surface area contributed by atoms with Crippen molar-refractivity contribution in [1.29, 1.82) is 0 Å². The van der Waals surface area contributed by atoms with Crippen LogP contribution in [0.5, 0.6) is 5.75 Å². The van der Waals surface area contributed by atoms with E-state index < -0.39 is 65.7 Å². The highest BCUT2D eigenvalue weighted by Gasteiger charge is 2.64. The SMILES string of the molecule is COc1cc2cc(c1Cl)N(C)C(=O)C[C@H](OC(=O)[C@H](C)N(C)C(=O)CCC(C)(C)SSCCCC(=O)NCCOCCN1C(=O)C=CC1=O)[C@]1(C)O[C@H]1[C@H](C)[C@@H]1C[C@@](O)(NC(=O)O1)[C@H](OC)/C=C/C=C(\C)C2. The van der Waals surface area contributed by atoms with Crippen LogP contribution >= 0.6 is 33.2 Å². The second kappa shape index (κ2) is 25.5. The molecule has 1 aromatic rings. The van der Waals surface area contributed by atoms with Gasteiger partial charge in [0.05, 0.1) is 45.1 Å². The molecule has 0 aliphatic carbocycles. The Hall–Kier alpha value is -4.64. The summed E-state index contributed by atoms with van der Waals surface area (Å²) in [4.78, 5) is 94.4. The first-order valence-electron chi connectivity index (χ1n) is 24.0. The minimum Gasteiger partial charge on any atom is -0.495 e. The van der Waals surface area contributed by atoms with E-state index in [2.05, 4.69) is 10.6 Å². The number of benzene rings is 1. The molecule has 398 valence electrons. The zero-order valence-corrected chi connectivity index (χ0v) is 45.2. The first-order valence-corrected chi connectivity index (χ1v) is 26.7. The van der Waals surface area contributed by atoms with Crippen molar-refractivity contribution < 1.29 is 67.1 Å². The molecule has 19 nitrogen and oxygen atoms in total. The molecular formula is C50H70ClN5O14S2. The lowest BCUT2D eigenvalue weighted by atomic mass is 9.83. The number of anilines is 1. The molecule has 22 heteroatoms. The smallest absolute Gasteiger partial charge is 0.409 e. The second-order valence-corrected chi connectivity index (χ2v) is 22.8. The lowest BCUT2D eigenvalue weighted by Gasteiger charge is -2.42. The highest BCUT2D eigenvalue weighted by Crippen LogP contribution is 2.49. The number of nitrogens with one attached hydrogen (secondary N) is 2. The molecule has 8 atom stereocenters. The fourth-order valence-electron chi connectivity index (χ4n) is 8.60. The number of ether oxygens (including phenoxy) is 6. The number of carbonyl (C=O) groups excluding carboxylic acids is 7. The van der Waals surface area contributed by atoms with Gasteiger partial charge in [-0.2, -0.15) is 0 Å². The Kier molecular flexibility index (Phi) is 20.7. The van der Waals surface area contributed by atoms with Crippen molar-refractivity contribution >= 4 is 80.5 Å². The third-order valence-electron chi connectivity index (χ3n) is 13.3. The number of imide groups is 1.